The molecular formula is C21H32N2O2. The standard InChI is InChI=1S/C21H32N2O2/c1-14(2)18-11-10-15(3)12-21(18,20(22)25)13-19(23-16(4)24)17-8-6-5-7-9-17/h5-9,14-15,18-19H,10-13H2,1-4H3,(H2,22,25)(H,23,24)/t15?,18?,19-,21?/m0/s1. The average Bonchev–Trinajstić information content (AvgIpc) is 2.54. The topological polar surface area (TPSA) is 72.2 Å². The van der Waals surface area contributed by atoms with Crippen molar-refractivity contribution in [2.24, 2.45) is 28.9 Å². The lowest BCUT2D eigenvalue weighted by molar-refractivity contribution is -0.138. The number of rotatable bonds is 6. The molecule has 2 amide bonds. The SMILES string of the molecule is CC(=O)N[C@@H](CC1(C(N)=O)CC(C)CCC1C(C)C)c1ccccc1. The van der Waals surface area contributed by atoms with Crippen molar-refractivity contribution in [1.29, 1.82) is 0 Å². The van der Waals surface area contributed by atoms with Gasteiger partial charge in [-0.05, 0) is 42.6 Å². The molecule has 0 heterocycles. The molecule has 1 aromatic rings. The van der Waals surface area contributed by atoms with E-state index in [1.807, 2.05) is 30.3 Å². The predicted octanol–water partition coefficient (Wildman–Crippen LogP) is 3.82. The highest BCUT2D eigenvalue weighted by Gasteiger charge is 2.49. The van der Waals surface area contributed by atoms with Crippen molar-refractivity contribution in [2.45, 2.75) is 59.4 Å². The Balaban J connectivity index is 2.42. The zero-order valence-electron chi connectivity index (χ0n) is 15.9. The highest BCUT2D eigenvalue weighted by Crippen LogP contribution is 2.51. The zero-order valence-corrected chi connectivity index (χ0v) is 15.9. The highest BCUT2D eigenvalue weighted by molar-refractivity contribution is 5.82. The smallest absolute Gasteiger partial charge is 0.224 e. The van der Waals surface area contributed by atoms with E-state index in [-0.39, 0.29) is 23.8 Å². The van der Waals surface area contributed by atoms with Gasteiger partial charge in [0.15, 0.2) is 0 Å². The van der Waals surface area contributed by atoms with Gasteiger partial charge in [-0.25, -0.2) is 0 Å². The maximum Gasteiger partial charge on any atom is 0.224 e. The lowest BCUT2D eigenvalue weighted by atomic mass is 9.57. The Morgan fingerprint density at radius 3 is 2.40 bits per heavy atom. The molecular weight excluding hydrogens is 312 g/mol. The van der Waals surface area contributed by atoms with Gasteiger partial charge in [0, 0.05) is 6.92 Å². The number of amides is 2. The van der Waals surface area contributed by atoms with Crippen LogP contribution < -0.4 is 11.1 Å². The largest absolute Gasteiger partial charge is 0.369 e. The van der Waals surface area contributed by atoms with E-state index in [4.69, 9.17) is 5.73 Å². The fraction of sp³-hybridized carbons (Fsp3) is 0.619. The van der Waals surface area contributed by atoms with Gasteiger partial charge < -0.3 is 11.1 Å². The van der Waals surface area contributed by atoms with E-state index >= 15 is 0 Å². The molecule has 2 rings (SSSR count). The summed E-state index contributed by atoms with van der Waals surface area (Å²) in [4.78, 5) is 24.5. The molecule has 138 valence electrons. The van der Waals surface area contributed by atoms with Gasteiger partial charge in [0.2, 0.25) is 11.8 Å². The molecule has 1 aromatic carbocycles. The van der Waals surface area contributed by atoms with Crippen LogP contribution in [0.25, 0.3) is 0 Å². The molecule has 4 nitrogen and oxygen atoms in total. The quantitative estimate of drug-likeness (QED) is 0.823. The molecule has 0 spiro atoms. The number of nitrogens with two attached hydrogens (primary N) is 1. The molecule has 1 fully saturated rings. The third-order valence-corrected chi connectivity index (χ3v) is 5.84. The minimum absolute atomic E-state index is 0.0848. The average molecular weight is 344 g/mol. The number of hydrogen-bond acceptors (Lipinski definition) is 2. The summed E-state index contributed by atoms with van der Waals surface area (Å²) in [5.41, 5.74) is 6.45. The van der Waals surface area contributed by atoms with Crippen molar-refractivity contribution in [3.05, 3.63) is 35.9 Å². The van der Waals surface area contributed by atoms with Crippen LogP contribution in [0, 0.1) is 23.2 Å². The number of carbonyl (C=O) groups excluding carboxylic acids is 2. The lowest BCUT2D eigenvalue weighted by Gasteiger charge is -2.47. The van der Waals surface area contributed by atoms with Crippen molar-refractivity contribution in [1.82, 2.24) is 5.32 Å². The van der Waals surface area contributed by atoms with Crippen LogP contribution in [0.15, 0.2) is 30.3 Å². The fourth-order valence-corrected chi connectivity index (χ4v) is 4.75. The van der Waals surface area contributed by atoms with E-state index in [9.17, 15) is 9.59 Å². The van der Waals surface area contributed by atoms with Crippen LogP contribution in [0.5, 0.6) is 0 Å². The van der Waals surface area contributed by atoms with Crippen LogP contribution in [-0.4, -0.2) is 11.8 Å². The first-order valence-corrected chi connectivity index (χ1v) is 9.38. The van der Waals surface area contributed by atoms with Gasteiger partial charge in [-0.1, -0.05) is 57.5 Å². The number of primary amides is 1. The number of carbonyl (C=O) groups is 2. The maximum absolute atomic E-state index is 12.7. The Labute approximate surface area is 151 Å². The van der Waals surface area contributed by atoms with Crippen molar-refractivity contribution in [3.8, 4) is 0 Å². The van der Waals surface area contributed by atoms with Crippen LogP contribution in [-0.2, 0) is 9.59 Å². The van der Waals surface area contributed by atoms with Gasteiger partial charge >= 0.3 is 0 Å². The predicted molar refractivity (Wildman–Crippen MR) is 101 cm³/mol. The molecule has 3 N–H and O–H groups in total. The molecule has 0 radical (unpaired) electrons. The molecule has 3 unspecified atom stereocenters. The Morgan fingerprint density at radius 2 is 1.88 bits per heavy atom. The molecule has 0 aliphatic heterocycles. The molecule has 0 aromatic heterocycles. The van der Waals surface area contributed by atoms with Gasteiger partial charge in [0.25, 0.3) is 0 Å². The summed E-state index contributed by atoms with van der Waals surface area (Å²) < 4.78 is 0. The Bertz CT molecular complexity index is 599. The van der Waals surface area contributed by atoms with Gasteiger partial charge in [-0.2, -0.15) is 0 Å². The fourth-order valence-electron chi connectivity index (χ4n) is 4.75. The summed E-state index contributed by atoms with van der Waals surface area (Å²) in [5, 5.41) is 3.05. The van der Waals surface area contributed by atoms with E-state index in [0.29, 0.717) is 18.3 Å². The van der Waals surface area contributed by atoms with Crippen LogP contribution in [0.3, 0.4) is 0 Å². The van der Waals surface area contributed by atoms with E-state index in [2.05, 4.69) is 26.1 Å². The summed E-state index contributed by atoms with van der Waals surface area (Å²) in [7, 11) is 0. The van der Waals surface area contributed by atoms with Crippen LogP contribution >= 0.6 is 0 Å². The number of nitrogens with one attached hydrogen (secondary N) is 1. The monoisotopic (exact) mass is 344 g/mol. The molecule has 0 bridgehead atoms. The highest BCUT2D eigenvalue weighted by atomic mass is 16.2. The van der Waals surface area contributed by atoms with Gasteiger partial charge in [-0.15, -0.1) is 0 Å². The van der Waals surface area contributed by atoms with E-state index < -0.39 is 5.41 Å². The maximum atomic E-state index is 12.7. The second-order valence-corrected chi connectivity index (χ2v) is 8.13. The van der Waals surface area contributed by atoms with Gasteiger partial charge in [-0.3, -0.25) is 9.59 Å². The molecule has 4 heteroatoms. The number of hydrogen-bond donors (Lipinski definition) is 2. The van der Waals surface area contributed by atoms with Crippen LogP contribution in [0.4, 0.5) is 0 Å². The third-order valence-electron chi connectivity index (χ3n) is 5.84. The van der Waals surface area contributed by atoms with Crippen molar-refractivity contribution in [2.75, 3.05) is 0 Å². The summed E-state index contributed by atoms with van der Waals surface area (Å²) >= 11 is 0. The lowest BCUT2D eigenvalue weighted by Crippen LogP contribution is -2.50. The second kappa shape index (κ2) is 8.03. The second-order valence-electron chi connectivity index (χ2n) is 8.13. The molecule has 1 aliphatic carbocycles. The minimum Gasteiger partial charge on any atom is -0.369 e. The van der Waals surface area contributed by atoms with Gasteiger partial charge in [0.05, 0.1) is 11.5 Å². The Hall–Kier alpha value is -1.84. The Morgan fingerprint density at radius 1 is 1.24 bits per heavy atom. The molecule has 0 saturated heterocycles. The molecule has 1 aliphatic rings. The van der Waals surface area contributed by atoms with Crippen molar-refractivity contribution in [3.63, 3.8) is 0 Å². The first-order valence-electron chi connectivity index (χ1n) is 9.38. The Kier molecular flexibility index (Phi) is 6.26. The molecule has 25 heavy (non-hydrogen) atoms. The summed E-state index contributed by atoms with van der Waals surface area (Å²) in [6, 6.07) is 9.70. The first-order chi connectivity index (χ1) is 11.8. The summed E-state index contributed by atoms with van der Waals surface area (Å²) in [6.45, 7) is 8.07. The first kappa shape index (κ1) is 19.5. The zero-order chi connectivity index (χ0) is 18.6. The van der Waals surface area contributed by atoms with Crippen LogP contribution in [0.2, 0.25) is 0 Å². The normalized spacial score (nSPS) is 27.7. The molecule has 1 saturated carbocycles. The number of benzene rings is 1. The third kappa shape index (κ3) is 4.42. The van der Waals surface area contributed by atoms with Crippen molar-refractivity contribution >= 4 is 11.8 Å². The summed E-state index contributed by atoms with van der Waals surface area (Å²) in [5.74, 6) is 0.800. The van der Waals surface area contributed by atoms with Gasteiger partial charge in [0.1, 0.15) is 0 Å². The molecule has 4 atom stereocenters. The van der Waals surface area contributed by atoms with E-state index in [0.717, 1.165) is 24.8 Å². The van der Waals surface area contributed by atoms with E-state index in [1.54, 1.807) is 0 Å². The minimum atomic E-state index is -0.575. The van der Waals surface area contributed by atoms with Crippen LogP contribution in [0.1, 0.15) is 65.0 Å². The summed E-state index contributed by atoms with van der Waals surface area (Å²) in [6.07, 6.45) is 3.52. The van der Waals surface area contributed by atoms with E-state index in [1.165, 1.54) is 6.92 Å². The van der Waals surface area contributed by atoms with Crippen molar-refractivity contribution < 1.29 is 9.59 Å².